The van der Waals surface area contributed by atoms with Gasteiger partial charge in [-0.3, -0.25) is 4.79 Å². The van der Waals surface area contributed by atoms with E-state index in [1.54, 1.807) is 0 Å². The second-order valence-corrected chi connectivity index (χ2v) is 10.3. The van der Waals surface area contributed by atoms with E-state index in [2.05, 4.69) is 54.6 Å². The van der Waals surface area contributed by atoms with E-state index in [4.69, 9.17) is 16.2 Å². The molecule has 0 spiro atoms. The van der Waals surface area contributed by atoms with Gasteiger partial charge in [-0.05, 0) is 87.6 Å². The van der Waals surface area contributed by atoms with E-state index < -0.39 is 11.0 Å². The highest BCUT2D eigenvalue weighted by atomic mass is 16.5. The van der Waals surface area contributed by atoms with Crippen molar-refractivity contribution in [2.75, 3.05) is 6.61 Å². The number of rotatable bonds is 9. The van der Waals surface area contributed by atoms with Crippen molar-refractivity contribution in [1.29, 1.82) is 0 Å². The molecule has 1 unspecified atom stereocenters. The number of carbonyl (C=O) groups excluding carboxylic acids is 1. The zero-order valence-corrected chi connectivity index (χ0v) is 20.0. The van der Waals surface area contributed by atoms with Crippen LogP contribution >= 0.6 is 0 Å². The van der Waals surface area contributed by atoms with Crippen LogP contribution in [0, 0.1) is 5.41 Å². The maximum Gasteiger partial charge on any atom is 0.313 e. The SMILES string of the molecule is CC(C)(N)CC(N)C(C)(C)C(=O)OCCCc1ccc2c(c1)C=C(c1ccccc1)CC2. The largest absolute Gasteiger partial charge is 0.465 e. The fraction of sp³-hybridized carbons (Fsp3) is 0.464. The number of esters is 1. The second-order valence-electron chi connectivity index (χ2n) is 10.3. The molecule has 0 radical (unpaired) electrons. The van der Waals surface area contributed by atoms with Gasteiger partial charge in [0.2, 0.25) is 0 Å². The Kier molecular flexibility index (Phi) is 7.58. The molecule has 0 bridgehead atoms. The lowest BCUT2D eigenvalue weighted by Crippen LogP contribution is -2.50. The Balaban J connectivity index is 1.54. The molecule has 0 saturated heterocycles. The van der Waals surface area contributed by atoms with Gasteiger partial charge < -0.3 is 16.2 Å². The van der Waals surface area contributed by atoms with Crippen LogP contribution in [0.2, 0.25) is 0 Å². The number of ether oxygens (including phenoxy) is 1. The lowest BCUT2D eigenvalue weighted by Gasteiger charge is -2.33. The lowest BCUT2D eigenvalue weighted by atomic mass is 9.79. The summed E-state index contributed by atoms with van der Waals surface area (Å²) in [6, 6.07) is 17.0. The minimum absolute atomic E-state index is 0.255. The summed E-state index contributed by atoms with van der Waals surface area (Å²) in [6.07, 6.45) is 6.68. The highest BCUT2D eigenvalue weighted by molar-refractivity contribution is 5.84. The summed E-state index contributed by atoms with van der Waals surface area (Å²) in [6.45, 7) is 7.91. The molecule has 2 aromatic carbocycles. The summed E-state index contributed by atoms with van der Waals surface area (Å²) in [7, 11) is 0. The first kappa shape index (κ1) is 24.2. The Labute approximate surface area is 193 Å². The third-order valence-corrected chi connectivity index (χ3v) is 6.39. The van der Waals surface area contributed by atoms with Crippen molar-refractivity contribution in [2.45, 2.75) is 71.4 Å². The van der Waals surface area contributed by atoms with Crippen molar-refractivity contribution in [3.05, 3.63) is 70.8 Å². The molecule has 1 aliphatic carbocycles. The van der Waals surface area contributed by atoms with Crippen LogP contribution in [0.5, 0.6) is 0 Å². The van der Waals surface area contributed by atoms with Crippen LogP contribution in [0.25, 0.3) is 11.6 Å². The molecular weight excluding hydrogens is 396 g/mol. The molecule has 0 heterocycles. The number of benzene rings is 2. The fourth-order valence-electron chi connectivity index (χ4n) is 4.17. The molecular formula is C28H38N2O2. The quantitative estimate of drug-likeness (QED) is 0.424. The van der Waals surface area contributed by atoms with Crippen LogP contribution in [-0.2, 0) is 22.4 Å². The van der Waals surface area contributed by atoms with Gasteiger partial charge in [-0.2, -0.15) is 0 Å². The van der Waals surface area contributed by atoms with Gasteiger partial charge in [0.25, 0.3) is 0 Å². The summed E-state index contributed by atoms with van der Waals surface area (Å²) in [5.41, 5.74) is 17.8. The molecule has 4 nitrogen and oxygen atoms in total. The zero-order chi connectivity index (χ0) is 23.4. The van der Waals surface area contributed by atoms with Crippen molar-refractivity contribution in [2.24, 2.45) is 16.9 Å². The number of hydrogen-bond donors (Lipinski definition) is 2. The van der Waals surface area contributed by atoms with Crippen LogP contribution in [-0.4, -0.2) is 24.2 Å². The molecule has 0 fully saturated rings. The van der Waals surface area contributed by atoms with Crippen molar-refractivity contribution in [3.63, 3.8) is 0 Å². The molecule has 1 aliphatic rings. The summed E-state index contributed by atoms with van der Waals surface area (Å²) in [4.78, 5) is 12.6. The zero-order valence-electron chi connectivity index (χ0n) is 20.0. The number of allylic oxidation sites excluding steroid dienone is 1. The highest BCUT2D eigenvalue weighted by Gasteiger charge is 2.38. The first-order valence-electron chi connectivity index (χ1n) is 11.7. The molecule has 0 amide bonds. The predicted octanol–water partition coefficient (Wildman–Crippen LogP) is 5.13. The minimum Gasteiger partial charge on any atom is -0.465 e. The molecule has 3 rings (SSSR count). The average molecular weight is 435 g/mol. The molecule has 1 atom stereocenters. The Hall–Kier alpha value is -2.43. The van der Waals surface area contributed by atoms with E-state index in [0.29, 0.717) is 13.0 Å². The van der Waals surface area contributed by atoms with Gasteiger partial charge >= 0.3 is 5.97 Å². The van der Waals surface area contributed by atoms with Gasteiger partial charge in [0.05, 0.1) is 12.0 Å². The first-order valence-corrected chi connectivity index (χ1v) is 11.7. The van der Waals surface area contributed by atoms with Crippen LogP contribution < -0.4 is 11.5 Å². The van der Waals surface area contributed by atoms with E-state index >= 15 is 0 Å². The maximum absolute atomic E-state index is 12.6. The van der Waals surface area contributed by atoms with Gasteiger partial charge in [0.15, 0.2) is 0 Å². The van der Waals surface area contributed by atoms with Gasteiger partial charge in [-0.25, -0.2) is 0 Å². The molecule has 32 heavy (non-hydrogen) atoms. The average Bonchev–Trinajstić information content (AvgIpc) is 2.75. The minimum atomic E-state index is -0.763. The predicted molar refractivity (Wildman–Crippen MR) is 133 cm³/mol. The van der Waals surface area contributed by atoms with Gasteiger partial charge in [-0.15, -0.1) is 0 Å². The first-order chi connectivity index (χ1) is 15.1. The summed E-state index contributed by atoms with van der Waals surface area (Å²) in [5.74, 6) is -0.255. The highest BCUT2D eigenvalue weighted by Crippen LogP contribution is 2.31. The Bertz CT molecular complexity index is 955. The molecule has 0 aliphatic heterocycles. The van der Waals surface area contributed by atoms with E-state index in [-0.39, 0.29) is 12.0 Å². The maximum atomic E-state index is 12.6. The summed E-state index contributed by atoms with van der Waals surface area (Å²) >= 11 is 0. The Morgan fingerprint density at radius 2 is 1.78 bits per heavy atom. The van der Waals surface area contributed by atoms with Crippen molar-refractivity contribution in [1.82, 2.24) is 0 Å². The molecule has 4 heteroatoms. The normalized spacial score (nSPS) is 15.0. The van der Waals surface area contributed by atoms with Crippen molar-refractivity contribution < 1.29 is 9.53 Å². The molecule has 0 aromatic heterocycles. The van der Waals surface area contributed by atoms with Gasteiger partial charge in [0.1, 0.15) is 0 Å². The Morgan fingerprint density at radius 1 is 1.06 bits per heavy atom. The van der Waals surface area contributed by atoms with E-state index in [1.807, 2.05) is 27.7 Å². The van der Waals surface area contributed by atoms with E-state index in [1.165, 1.54) is 27.8 Å². The van der Waals surface area contributed by atoms with E-state index in [9.17, 15) is 4.79 Å². The summed E-state index contributed by atoms with van der Waals surface area (Å²) < 4.78 is 5.58. The van der Waals surface area contributed by atoms with Crippen molar-refractivity contribution in [3.8, 4) is 0 Å². The standard InChI is InChI=1S/C28H38N2O2/c1-27(2,30)19-25(29)28(3,4)26(31)32-16-8-9-20-12-13-22-14-15-23(18-24(22)17-20)21-10-6-5-7-11-21/h5-7,10-13,17-18,25H,8-9,14-16,19,29-30H2,1-4H3. The van der Waals surface area contributed by atoms with Crippen molar-refractivity contribution >= 4 is 17.6 Å². The second kappa shape index (κ2) is 10.0. The fourth-order valence-corrected chi connectivity index (χ4v) is 4.17. The monoisotopic (exact) mass is 434 g/mol. The number of carbonyl (C=O) groups is 1. The number of aryl methyl sites for hydroxylation is 2. The molecule has 0 saturated carbocycles. The third-order valence-electron chi connectivity index (χ3n) is 6.39. The topological polar surface area (TPSA) is 78.3 Å². The van der Waals surface area contributed by atoms with E-state index in [0.717, 1.165) is 25.7 Å². The third kappa shape index (κ3) is 6.30. The summed E-state index contributed by atoms with van der Waals surface area (Å²) in [5, 5.41) is 0. The molecule has 2 aromatic rings. The van der Waals surface area contributed by atoms with Crippen LogP contribution in [0.15, 0.2) is 48.5 Å². The number of nitrogens with two attached hydrogens (primary N) is 2. The molecule has 4 N–H and O–H groups in total. The van der Waals surface area contributed by atoms with Gasteiger partial charge in [0, 0.05) is 11.6 Å². The van der Waals surface area contributed by atoms with Gasteiger partial charge in [-0.1, -0.05) is 54.6 Å². The number of hydrogen-bond acceptors (Lipinski definition) is 4. The Morgan fingerprint density at radius 3 is 2.47 bits per heavy atom. The smallest absolute Gasteiger partial charge is 0.313 e. The lowest BCUT2D eigenvalue weighted by molar-refractivity contribution is -0.155. The molecule has 172 valence electrons. The number of fused-ring (bicyclic) bond motifs is 1. The van der Waals surface area contributed by atoms with Crippen LogP contribution in [0.4, 0.5) is 0 Å². The van der Waals surface area contributed by atoms with Crippen LogP contribution in [0.1, 0.15) is 69.2 Å². The van der Waals surface area contributed by atoms with Crippen LogP contribution in [0.3, 0.4) is 0 Å².